The summed E-state index contributed by atoms with van der Waals surface area (Å²) in [5, 5.41) is 1.78. The molecule has 0 fully saturated rings. The third kappa shape index (κ3) is 3.83. The van der Waals surface area contributed by atoms with Gasteiger partial charge in [-0.1, -0.05) is 48.0 Å². The molecule has 0 aliphatic rings. The van der Waals surface area contributed by atoms with Crippen LogP contribution in [0.15, 0.2) is 71.6 Å². The van der Waals surface area contributed by atoms with Crippen LogP contribution in [0.1, 0.15) is 22.8 Å². The van der Waals surface area contributed by atoms with Crippen molar-refractivity contribution in [2.24, 2.45) is 0 Å². The van der Waals surface area contributed by atoms with Gasteiger partial charge in [-0.2, -0.15) is 8.42 Å². The van der Waals surface area contributed by atoms with Gasteiger partial charge in [0.15, 0.2) is 0 Å². The number of amides is 2. The largest absolute Gasteiger partial charge is 0.284 e. The summed E-state index contributed by atoms with van der Waals surface area (Å²) in [4.78, 5) is 24.4. The molecule has 6 nitrogen and oxygen atoms in total. The van der Waals surface area contributed by atoms with Gasteiger partial charge in [0.1, 0.15) is 0 Å². The van der Waals surface area contributed by atoms with Crippen LogP contribution in [0.25, 0.3) is 10.8 Å². The Morgan fingerprint density at radius 3 is 2.15 bits per heavy atom. The number of carbonyl (C=O) groups is 2. The predicted octanol–water partition coefficient (Wildman–Crippen LogP) is 3.03. The van der Waals surface area contributed by atoms with E-state index >= 15 is 0 Å². The second-order valence-electron chi connectivity index (χ2n) is 6.10. The molecule has 7 heteroatoms. The highest BCUT2D eigenvalue weighted by Crippen LogP contribution is 2.18. The van der Waals surface area contributed by atoms with Crippen molar-refractivity contribution < 1.29 is 18.0 Å². The minimum Gasteiger partial charge on any atom is -0.272 e. The van der Waals surface area contributed by atoms with Crippen molar-refractivity contribution >= 4 is 32.6 Å². The number of nitrogens with one attached hydrogen (secondary N) is 1. The van der Waals surface area contributed by atoms with Crippen molar-refractivity contribution in [3.63, 3.8) is 0 Å². The van der Waals surface area contributed by atoms with E-state index in [-0.39, 0.29) is 10.5 Å². The highest BCUT2D eigenvalue weighted by atomic mass is 32.2. The summed E-state index contributed by atoms with van der Waals surface area (Å²) in [5.41, 5.74) is 3.34. The van der Waals surface area contributed by atoms with Crippen molar-refractivity contribution in [3.05, 3.63) is 77.9 Å². The molecule has 3 rings (SSSR count). The van der Waals surface area contributed by atoms with Crippen molar-refractivity contribution in [2.75, 3.05) is 0 Å². The van der Waals surface area contributed by atoms with Crippen LogP contribution in [0.3, 0.4) is 0 Å². The number of sulfonamides is 1. The number of hydrazine groups is 1. The molecule has 3 aromatic rings. The highest BCUT2D eigenvalue weighted by molar-refractivity contribution is 7.89. The lowest BCUT2D eigenvalue weighted by Crippen LogP contribution is -2.48. The molecule has 0 aliphatic carbocycles. The summed E-state index contributed by atoms with van der Waals surface area (Å²) in [5.74, 6) is -1.50. The minimum atomic E-state index is -4.21. The van der Waals surface area contributed by atoms with Gasteiger partial charge < -0.3 is 0 Å². The SMILES string of the molecule is CC(=O)N(NC(=O)c1ccc2ccccc2c1)S(=O)(=O)c1ccc(C)cc1. The average Bonchev–Trinajstić information content (AvgIpc) is 2.65. The molecule has 0 saturated heterocycles. The normalized spacial score (nSPS) is 11.2. The molecule has 0 radical (unpaired) electrons. The van der Waals surface area contributed by atoms with Crippen molar-refractivity contribution in [1.82, 2.24) is 9.84 Å². The zero-order valence-electron chi connectivity index (χ0n) is 14.8. The Morgan fingerprint density at radius 2 is 1.52 bits per heavy atom. The van der Waals surface area contributed by atoms with Gasteiger partial charge in [0.25, 0.3) is 21.8 Å². The van der Waals surface area contributed by atoms with Crippen LogP contribution < -0.4 is 5.43 Å². The lowest BCUT2D eigenvalue weighted by Gasteiger charge is -2.21. The molecule has 0 saturated carbocycles. The number of hydrogen-bond donors (Lipinski definition) is 1. The van der Waals surface area contributed by atoms with E-state index in [4.69, 9.17) is 0 Å². The van der Waals surface area contributed by atoms with Crippen LogP contribution in [0.2, 0.25) is 0 Å². The first-order chi connectivity index (χ1) is 12.8. The van der Waals surface area contributed by atoms with Crippen molar-refractivity contribution in [1.29, 1.82) is 0 Å². The molecular weight excluding hydrogens is 364 g/mol. The number of carbonyl (C=O) groups excluding carboxylic acids is 2. The molecule has 0 aromatic heterocycles. The number of fused-ring (bicyclic) bond motifs is 1. The summed E-state index contributed by atoms with van der Waals surface area (Å²) in [6, 6.07) is 18.5. The Labute approximate surface area is 157 Å². The average molecular weight is 382 g/mol. The molecule has 0 unspecified atom stereocenters. The van der Waals surface area contributed by atoms with Gasteiger partial charge in [-0.15, -0.1) is 4.41 Å². The fraction of sp³-hybridized carbons (Fsp3) is 0.100. The number of benzene rings is 3. The van der Waals surface area contributed by atoms with Gasteiger partial charge in [-0.3, -0.25) is 9.59 Å². The lowest BCUT2D eigenvalue weighted by molar-refractivity contribution is -0.125. The first kappa shape index (κ1) is 18.6. The second-order valence-corrected chi connectivity index (χ2v) is 7.89. The second kappa shape index (κ2) is 7.20. The Balaban J connectivity index is 1.92. The van der Waals surface area contributed by atoms with Crippen LogP contribution in [0.4, 0.5) is 0 Å². The van der Waals surface area contributed by atoms with Crippen molar-refractivity contribution in [3.8, 4) is 0 Å². The van der Waals surface area contributed by atoms with E-state index in [1.165, 1.54) is 12.1 Å². The van der Waals surface area contributed by atoms with Crippen LogP contribution in [-0.4, -0.2) is 24.6 Å². The number of rotatable bonds is 3. The Hall–Kier alpha value is -3.19. The molecule has 0 heterocycles. The maximum Gasteiger partial charge on any atom is 0.284 e. The summed E-state index contributed by atoms with van der Waals surface area (Å²) in [6.07, 6.45) is 0. The highest BCUT2D eigenvalue weighted by Gasteiger charge is 2.29. The lowest BCUT2D eigenvalue weighted by atomic mass is 10.1. The van der Waals surface area contributed by atoms with Gasteiger partial charge >= 0.3 is 0 Å². The van der Waals surface area contributed by atoms with Gasteiger partial charge in [0, 0.05) is 12.5 Å². The van der Waals surface area contributed by atoms with Gasteiger partial charge in [0.05, 0.1) is 4.90 Å². The summed E-state index contributed by atoms with van der Waals surface area (Å²) in [7, 11) is -4.21. The minimum absolute atomic E-state index is 0.0814. The Kier molecular flexibility index (Phi) is 4.96. The zero-order valence-corrected chi connectivity index (χ0v) is 15.7. The van der Waals surface area contributed by atoms with E-state index in [2.05, 4.69) is 5.43 Å². The van der Waals surface area contributed by atoms with Crippen molar-refractivity contribution in [2.45, 2.75) is 18.7 Å². The van der Waals surface area contributed by atoms with Crippen LogP contribution in [-0.2, 0) is 14.8 Å². The number of hydrogen-bond acceptors (Lipinski definition) is 4. The number of nitrogens with zero attached hydrogens (tertiary/aromatic N) is 1. The van der Waals surface area contributed by atoms with E-state index in [0.717, 1.165) is 23.3 Å². The summed E-state index contributed by atoms with van der Waals surface area (Å²) >= 11 is 0. The number of aryl methyl sites for hydroxylation is 1. The topological polar surface area (TPSA) is 83.6 Å². The van der Waals surface area contributed by atoms with Gasteiger partial charge in [-0.25, -0.2) is 5.43 Å². The molecule has 3 aromatic carbocycles. The molecule has 0 spiro atoms. The molecule has 138 valence electrons. The standard InChI is InChI=1S/C20H18N2O4S/c1-14-7-11-19(12-8-14)27(25,26)22(15(2)23)21-20(24)18-10-9-16-5-3-4-6-17(16)13-18/h3-13H,1-2H3,(H,21,24). The molecule has 0 atom stereocenters. The maximum absolute atomic E-state index is 12.8. The molecule has 1 N–H and O–H groups in total. The van der Waals surface area contributed by atoms with E-state index < -0.39 is 21.8 Å². The Morgan fingerprint density at radius 1 is 0.889 bits per heavy atom. The molecular formula is C20H18N2O4S. The summed E-state index contributed by atoms with van der Waals surface area (Å²) < 4.78 is 25.9. The predicted molar refractivity (Wildman–Crippen MR) is 102 cm³/mol. The van der Waals surface area contributed by atoms with E-state index in [1.54, 1.807) is 30.3 Å². The third-order valence-corrected chi connectivity index (χ3v) is 5.76. The third-order valence-electron chi connectivity index (χ3n) is 4.06. The summed E-state index contributed by atoms with van der Waals surface area (Å²) in [6.45, 7) is 2.90. The molecule has 27 heavy (non-hydrogen) atoms. The van der Waals surface area contributed by atoms with Crippen LogP contribution in [0, 0.1) is 6.92 Å². The fourth-order valence-corrected chi connectivity index (χ4v) is 3.84. The quantitative estimate of drug-likeness (QED) is 0.706. The van der Waals surface area contributed by atoms with Gasteiger partial charge in [-0.05, 0) is 42.0 Å². The molecule has 0 aliphatic heterocycles. The molecule has 2 amide bonds. The smallest absolute Gasteiger partial charge is 0.272 e. The van der Waals surface area contributed by atoms with E-state index in [0.29, 0.717) is 4.41 Å². The molecule has 0 bridgehead atoms. The van der Waals surface area contributed by atoms with Crippen LogP contribution >= 0.6 is 0 Å². The van der Waals surface area contributed by atoms with E-state index in [9.17, 15) is 18.0 Å². The maximum atomic E-state index is 12.8. The first-order valence-corrected chi connectivity index (χ1v) is 9.65. The fourth-order valence-electron chi connectivity index (χ4n) is 2.61. The Bertz CT molecular complexity index is 1120. The zero-order chi connectivity index (χ0) is 19.6. The van der Waals surface area contributed by atoms with Crippen LogP contribution in [0.5, 0.6) is 0 Å². The van der Waals surface area contributed by atoms with E-state index in [1.807, 2.05) is 31.2 Å². The van der Waals surface area contributed by atoms with Gasteiger partial charge in [0.2, 0.25) is 0 Å². The monoisotopic (exact) mass is 382 g/mol. The first-order valence-electron chi connectivity index (χ1n) is 8.21.